The molecule has 0 spiro atoms. The number of carboxylic acids is 1. The first-order chi connectivity index (χ1) is 9.85. The molecule has 1 aromatic carbocycles. The molecule has 6 nitrogen and oxygen atoms in total. The van der Waals surface area contributed by atoms with Crippen LogP contribution in [0.5, 0.6) is 0 Å². The van der Waals surface area contributed by atoms with Crippen LogP contribution < -0.4 is 5.32 Å². The van der Waals surface area contributed by atoms with Gasteiger partial charge in [0.2, 0.25) is 0 Å². The van der Waals surface area contributed by atoms with Gasteiger partial charge in [0.15, 0.2) is 11.6 Å². The average molecular weight is 306 g/mol. The van der Waals surface area contributed by atoms with Crippen LogP contribution in [0.25, 0.3) is 0 Å². The number of ether oxygens (including phenoxy) is 1. The molecule has 0 aromatic heterocycles. The summed E-state index contributed by atoms with van der Waals surface area (Å²) in [5.74, 6) is -5.20. The lowest BCUT2D eigenvalue weighted by molar-refractivity contribution is -0.137. The first kappa shape index (κ1) is 16.8. The summed E-state index contributed by atoms with van der Waals surface area (Å²) in [5, 5.41) is 10.7. The summed E-state index contributed by atoms with van der Waals surface area (Å²) in [4.78, 5) is 23.3. The summed E-state index contributed by atoms with van der Waals surface area (Å²) in [6, 6.07) is -0.223. The molecule has 0 saturated carbocycles. The minimum Gasteiger partial charge on any atom is -0.480 e. The number of methoxy groups -OCH3 is 1. The Balaban J connectivity index is 2.85. The number of rotatable bonds is 6. The second-order valence-electron chi connectivity index (χ2n) is 3.98. The molecule has 2 N–H and O–H groups in total. The van der Waals surface area contributed by atoms with Gasteiger partial charge in [0.25, 0.3) is 0 Å². The van der Waals surface area contributed by atoms with Gasteiger partial charge in [0.05, 0.1) is 12.3 Å². The average Bonchev–Trinajstić information content (AvgIpc) is 2.40. The highest BCUT2D eigenvalue weighted by atomic mass is 19.2. The maximum Gasteiger partial charge on any atom is 0.323 e. The molecule has 116 valence electrons. The van der Waals surface area contributed by atoms with Crippen LogP contribution in [-0.2, 0) is 9.53 Å². The third-order valence-corrected chi connectivity index (χ3v) is 2.43. The first-order valence-electron chi connectivity index (χ1n) is 5.76. The fourth-order valence-corrected chi connectivity index (χ4v) is 1.43. The van der Waals surface area contributed by atoms with Crippen LogP contribution >= 0.6 is 0 Å². The van der Waals surface area contributed by atoms with Crippen molar-refractivity contribution < 1.29 is 32.6 Å². The Kier molecular flexibility index (Phi) is 5.97. The van der Waals surface area contributed by atoms with E-state index < -0.39 is 41.7 Å². The molecule has 0 heterocycles. The lowest BCUT2D eigenvalue weighted by Gasteiger charge is -2.21. The number of benzene rings is 1. The van der Waals surface area contributed by atoms with Crippen LogP contribution in [0.1, 0.15) is 0 Å². The molecule has 2 amide bonds. The molecular formula is C12H13F3N2O4. The van der Waals surface area contributed by atoms with Gasteiger partial charge in [-0.25, -0.2) is 18.0 Å². The van der Waals surface area contributed by atoms with Crippen molar-refractivity contribution in [3.8, 4) is 0 Å². The number of anilines is 1. The van der Waals surface area contributed by atoms with Crippen LogP contribution in [0.15, 0.2) is 12.1 Å². The van der Waals surface area contributed by atoms with Gasteiger partial charge in [0.1, 0.15) is 12.4 Å². The number of carboxylic acid groups (broad SMARTS) is 1. The van der Waals surface area contributed by atoms with E-state index in [1.807, 2.05) is 5.32 Å². The van der Waals surface area contributed by atoms with Gasteiger partial charge < -0.3 is 20.1 Å². The number of nitrogens with zero attached hydrogens (tertiary/aromatic N) is 1. The smallest absolute Gasteiger partial charge is 0.323 e. The predicted molar refractivity (Wildman–Crippen MR) is 66.4 cm³/mol. The number of amides is 2. The molecule has 0 fully saturated rings. The van der Waals surface area contributed by atoms with Crippen molar-refractivity contribution in [2.75, 3.05) is 32.1 Å². The third-order valence-electron chi connectivity index (χ3n) is 2.43. The van der Waals surface area contributed by atoms with E-state index in [1.54, 1.807) is 0 Å². The van der Waals surface area contributed by atoms with Crippen molar-refractivity contribution >= 4 is 17.7 Å². The van der Waals surface area contributed by atoms with Gasteiger partial charge in [-0.15, -0.1) is 0 Å². The van der Waals surface area contributed by atoms with Crippen LogP contribution in [-0.4, -0.2) is 48.8 Å². The monoisotopic (exact) mass is 306 g/mol. The van der Waals surface area contributed by atoms with Crippen molar-refractivity contribution in [2.45, 2.75) is 0 Å². The Labute approximate surface area is 118 Å². The molecular weight excluding hydrogens is 293 g/mol. The Morgan fingerprint density at radius 3 is 2.43 bits per heavy atom. The molecule has 9 heteroatoms. The molecule has 0 aliphatic carbocycles. The van der Waals surface area contributed by atoms with Crippen molar-refractivity contribution in [3.05, 3.63) is 29.6 Å². The fourth-order valence-electron chi connectivity index (χ4n) is 1.43. The van der Waals surface area contributed by atoms with E-state index in [-0.39, 0.29) is 19.2 Å². The zero-order valence-electron chi connectivity index (χ0n) is 11.0. The summed E-state index contributed by atoms with van der Waals surface area (Å²) >= 11 is 0. The minimum absolute atomic E-state index is 0.0565. The molecule has 0 atom stereocenters. The minimum atomic E-state index is -1.40. The van der Waals surface area contributed by atoms with Gasteiger partial charge >= 0.3 is 12.0 Å². The molecule has 0 saturated heterocycles. The normalized spacial score (nSPS) is 10.3. The van der Waals surface area contributed by atoms with Crippen molar-refractivity contribution in [2.24, 2.45) is 0 Å². The Morgan fingerprint density at radius 1 is 1.24 bits per heavy atom. The Hall–Kier alpha value is -2.29. The number of nitrogens with one attached hydrogen (secondary N) is 1. The number of carbonyl (C=O) groups excluding carboxylic acids is 1. The number of carbonyl (C=O) groups is 2. The molecule has 0 unspecified atom stereocenters. The standard InChI is InChI=1S/C12H13F3N2O4/c1-21-3-2-17(6-11(18)19)12(20)16-10-5-8(14)7(13)4-9(10)15/h4-5H,2-3,6H2,1H3,(H,16,20)(H,18,19). The quantitative estimate of drug-likeness (QED) is 0.784. The van der Waals surface area contributed by atoms with E-state index >= 15 is 0 Å². The summed E-state index contributed by atoms with van der Waals surface area (Å²) < 4.78 is 43.9. The van der Waals surface area contributed by atoms with E-state index in [0.717, 1.165) is 4.90 Å². The molecule has 1 aromatic rings. The Bertz CT molecular complexity index is 539. The highest BCUT2D eigenvalue weighted by molar-refractivity contribution is 5.91. The van der Waals surface area contributed by atoms with E-state index in [4.69, 9.17) is 9.84 Å². The van der Waals surface area contributed by atoms with Crippen molar-refractivity contribution in [1.29, 1.82) is 0 Å². The lowest BCUT2D eigenvalue weighted by atomic mass is 10.3. The zero-order chi connectivity index (χ0) is 16.0. The van der Waals surface area contributed by atoms with Gasteiger partial charge in [-0.2, -0.15) is 0 Å². The van der Waals surface area contributed by atoms with Gasteiger partial charge in [-0.05, 0) is 0 Å². The number of hydrogen-bond acceptors (Lipinski definition) is 3. The number of aliphatic carboxylic acids is 1. The molecule has 0 radical (unpaired) electrons. The molecule has 0 aliphatic heterocycles. The second-order valence-corrected chi connectivity index (χ2v) is 3.98. The summed E-state index contributed by atoms with van der Waals surface area (Å²) in [6.45, 7) is -0.665. The first-order valence-corrected chi connectivity index (χ1v) is 5.76. The topological polar surface area (TPSA) is 78.9 Å². The van der Waals surface area contributed by atoms with E-state index in [0.29, 0.717) is 6.07 Å². The van der Waals surface area contributed by atoms with Gasteiger partial charge in [-0.3, -0.25) is 4.79 Å². The second kappa shape index (κ2) is 7.48. The van der Waals surface area contributed by atoms with Gasteiger partial charge in [-0.1, -0.05) is 0 Å². The van der Waals surface area contributed by atoms with Crippen LogP contribution in [0, 0.1) is 17.5 Å². The van der Waals surface area contributed by atoms with Crippen molar-refractivity contribution in [3.63, 3.8) is 0 Å². The van der Waals surface area contributed by atoms with Crippen LogP contribution in [0.4, 0.5) is 23.7 Å². The molecule has 0 aliphatic rings. The van der Waals surface area contributed by atoms with Crippen molar-refractivity contribution in [1.82, 2.24) is 4.90 Å². The lowest BCUT2D eigenvalue weighted by Crippen LogP contribution is -2.40. The van der Waals surface area contributed by atoms with Crippen LogP contribution in [0.3, 0.4) is 0 Å². The predicted octanol–water partition coefficient (Wildman–Crippen LogP) is 1.67. The SMILES string of the molecule is COCCN(CC(=O)O)C(=O)Nc1cc(F)c(F)cc1F. The summed E-state index contributed by atoms with van der Waals surface area (Å²) in [7, 11) is 1.35. The number of halogens is 3. The fraction of sp³-hybridized carbons (Fsp3) is 0.333. The zero-order valence-corrected chi connectivity index (χ0v) is 11.0. The Morgan fingerprint density at radius 2 is 1.86 bits per heavy atom. The van der Waals surface area contributed by atoms with E-state index in [9.17, 15) is 22.8 Å². The van der Waals surface area contributed by atoms with E-state index in [2.05, 4.69) is 0 Å². The molecule has 0 bridgehead atoms. The van der Waals surface area contributed by atoms with Crippen LogP contribution in [0.2, 0.25) is 0 Å². The number of urea groups is 1. The summed E-state index contributed by atoms with van der Waals surface area (Å²) in [6.07, 6.45) is 0. The number of hydrogen-bond donors (Lipinski definition) is 2. The maximum atomic E-state index is 13.4. The molecule has 1 rings (SSSR count). The van der Waals surface area contributed by atoms with Gasteiger partial charge in [0, 0.05) is 25.8 Å². The molecule has 21 heavy (non-hydrogen) atoms. The maximum absolute atomic E-state index is 13.4. The highest BCUT2D eigenvalue weighted by Gasteiger charge is 2.19. The highest BCUT2D eigenvalue weighted by Crippen LogP contribution is 2.18. The van der Waals surface area contributed by atoms with E-state index in [1.165, 1.54) is 7.11 Å². The largest absolute Gasteiger partial charge is 0.480 e. The summed E-state index contributed by atoms with van der Waals surface area (Å²) in [5.41, 5.74) is -0.591. The third kappa shape index (κ3) is 4.95.